The van der Waals surface area contributed by atoms with Gasteiger partial charge in [-0.1, -0.05) is 43.1 Å². The van der Waals surface area contributed by atoms with Crippen molar-refractivity contribution >= 4 is 28.3 Å². The Bertz CT molecular complexity index is 1010. The van der Waals surface area contributed by atoms with E-state index in [1.54, 1.807) is 18.2 Å². The fourth-order valence-corrected chi connectivity index (χ4v) is 3.14. The van der Waals surface area contributed by atoms with Gasteiger partial charge in [-0.3, -0.25) is 0 Å². The molecule has 0 aliphatic rings. The van der Waals surface area contributed by atoms with E-state index in [1.165, 1.54) is 0 Å². The second kappa shape index (κ2) is 8.48. The Hall–Kier alpha value is -2.79. The summed E-state index contributed by atoms with van der Waals surface area (Å²) in [6.07, 6.45) is 1.64. The van der Waals surface area contributed by atoms with E-state index in [4.69, 9.17) is 21.1 Å². The average molecular weight is 400 g/mol. The minimum Gasteiger partial charge on any atom is -0.505 e. The lowest BCUT2D eigenvalue weighted by Gasteiger charge is -2.13. The van der Waals surface area contributed by atoms with E-state index < -0.39 is 5.97 Å². The summed E-state index contributed by atoms with van der Waals surface area (Å²) in [6, 6.07) is 11.0. The summed E-state index contributed by atoms with van der Waals surface area (Å²) in [5.41, 5.74) is 1.84. The second-order valence-electron chi connectivity index (χ2n) is 6.62. The van der Waals surface area contributed by atoms with E-state index in [1.807, 2.05) is 39.0 Å². The lowest BCUT2D eigenvalue weighted by atomic mass is 10.1. The molecule has 6 heteroatoms. The molecule has 3 rings (SSSR count). The van der Waals surface area contributed by atoms with Crippen molar-refractivity contribution in [1.82, 2.24) is 4.98 Å². The number of aromatic nitrogens is 1. The first-order chi connectivity index (χ1) is 13.4. The second-order valence-corrected chi connectivity index (χ2v) is 6.98. The SMILES string of the molecule is CCCCOC(=O)c1nc(Cl)c2cc(Oc3c(C)cccc3C)ccc2c1O. The molecule has 0 bridgehead atoms. The van der Waals surface area contributed by atoms with Crippen molar-refractivity contribution < 1.29 is 19.4 Å². The van der Waals surface area contributed by atoms with Crippen molar-refractivity contribution in [3.63, 3.8) is 0 Å². The molecule has 0 spiro atoms. The molecule has 28 heavy (non-hydrogen) atoms. The number of carbonyl (C=O) groups is 1. The number of aromatic hydroxyl groups is 1. The minimum absolute atomic E-state index is 0.0993. The molecule has 0 aliphatic carbocycles. The number of fused-ring (bicyclic) bond motifs is 1. The summed E-state index contributed by atoms with van der Waals surface area (Å²) in [4.78, 5) is 16.2. The maximum Gasteiger partial charge on any atom is 0.360 e. The van der Waals surface area contributed by atoms with E-state index >= 15 is 0 Å². The van der Waals surface area contributed by atoms with E-state index in [9.17, 15) is 9.90 Å². The normalized spacial score (nSPS) is 10.9. The van der Waals surface area contributed by atoms with E-state index in [2.05, 4.69) is 4.98 Å². The van der Waals surface area contributed by atoms with E-state index in [0.717, 1.165) is 29.7 Å². The smallest absolute Gasteiger partial charge is 0.360 e. The highest BCUT2D eigenvalue weighted by molar-refractivity contribution is 6.35. The zero-order valence-electron chi connectivity index (χ0n) is 16.1. The molecule has 0 fully saturated rings. The monoisotopic (exact) mass is 399 g/mol. The number of para-hydroxylation sites is 1. The highest BCUT2D eigenvalue weighted by atomic mass is 35.5. The maximum atomic E-state index is 12.2. The fraction of sp³-hybridized carbons (Fsp3) is 0.273. The van der Waals surface area contributed by atoms with Crippen LogP contribution in [0, 0.1) is 13.8 Å². The van der Waals surface area contributed by atoms with Crippen molar-refractivity contribution in [2.45, 2.75) is 33.6 Å². The van der Waals surface area contributed by atoms with Crippen molar-refractivity contribution in [1.29, 1.82) is 0 Å². The van der Waals surface area contributed by atoms with Gasteiger partial charge in [0.1, 0.15) is 16.7 Å². The van der Waals surface area contributed by atoms with Gasteiger partial charge >= 0.3 is 5.97 Å². The topological polar surface area (TPSA) is 68.7 Å². The van der Waals surface area contributed by atoms with Crippen molar-refractivity contribution in [3.05, 3.63) is 58.4 Å². The van der Waals surface area contributed by atoms with Crippen molar-refractivity contribution in [2.24, 2.45) is 0 Å². The highest BCUT2D eigenvalue weighted by Crippen LogP contribution is 2.36. The van der Waals surface area contributed by atoms with Crippen LogP contribution < -0.4 is 4.74 Å². The molecule has 5 nitrogen and oxygen atoms in total. The molecule has 1 N–H and O–H groups in total. The predicted molar refractivity (Wildman–Crippen MR) is 110 cm³/mol. The maximum absolute atomic E-state index is 12.2. The van der Waals surface area contributed by atoms with E-state index in [-0.39, 0.29) is 23.2 Å². The molecule has 0 saturated heterocycles. The number of esters is 1. The Morgan fingerprint density at radius 3 is 2.54 bits per heavy atom. The quantitative estimate of drug-likeness (QED) is 0.314. The van der Waals surface area contributed by atoms with Crippen LogP contribution in [0.3, 0.4) is 0 Å². The Kier molecular flexibility index (Phi) is 6.05. The van der Waals surface area contributed by atoms with Gasteiger partial charge in [-0.15, -0.1) is 0 Å². The fourth-order valence-electron chi connectivity index (χ4n) is 2.90. The lowest BCUT2D eigenvalue weighted by Crippen LogP contribution is -2.09. The molecule has 3 aromatic rings. The standard InChI is InChI=1S/C22H22ClNO4/c1-4-5-11-27-22(26)18-19(25)16-10-9-15(12-17(16)21(23)24-18)28-20-13(2)7-6-8-14(20)3/h6-10,12,25H,4-5,11H2,1-3H3. The number of aryl methyl sites for hydroxylation is 2. The van der Waals surface area contributed by atoms with Crippen molar-refractivity contribution in [3.8, 4) is 17.2 Å². The number of benzene rings is 2. The molecule has 0 radical (unpaired) electrons. The van der Waals surface area contributed by atoms with Gasteiger partial charge in [-0.25, -0.2) is 9.78 Å². The third-order valence-electron chi connectivity index (χ3n) is 4.46. The van der Waals surface area contributed by atoms with Crippen molar-refractivity contribution in [2.75, 3.05) is 6.61 Å². The molecule has 2 aromatic carbocycles. The Morgan fingerprint density at radius 1 is 1.14 bits per heavy atom. The Labute approximate surface area is 168 Å². The van der Waals surface area contributed by atoms with Gasteiger partial charge in [0.15, 0.2) is 11.4 Å². The number of halogens is 1. The molecule has 0 atom stereocenters. The van der Waals surface area contributed by atoms with Gasteiger partial charge in [-0.05, 0) is 49.6 Å². The molecule has 146 valence electrons. The summed E-state index contributed by atoms with van der Waals surface area (Å²) in [5.74, 6) is 0.391. The van der Waals surface area contributed by atoms with Gasteiger partial charge in [0, 0.05) is 10.8 Å². The number of ether oxygens (including phenoxy) is 2. The number of unbranched alkanes of at least 4 members (excludes halogenated alkanes) is 1. The Balaban J connectivity index is 1.96. The van der Waals surface area contributed by atoms with Gasteiger partial charge in [-0.2, -0.15) is 0 Å². The van der Waals surface area contributed by atoms with Gasteiger partial charge in [0.25, 0.3) is 0 Å². The third-order valence-corrected chi connectivity index (χ3v) is 4.74. The van der Waals surface area contributed by atoms with Gasteiger partial charge < -0.3 is 14.6 Å². The molecule has 1 aromatic heterocycles. The van der Waals surface area contributed by atoms with Gasteiger partial charge in [0.05, 0.1) is 6.61 Å². The molecular weight excluding hydrogens is 378 g/mol. The molecule has 0 saturated carbocycles. The van der Waals surface area contributed by atoms with Gasteiger partial charge in [0.2, 0.25) is 0 Å². The van der Waals surface area contributed by atoms with Crippen LogP contribution in [0.4, 0.5) is 0 Å². The summed E-state index contributed by atoms with van der Waals surface area (Å²) in [7, 11) is 0. The van der Waals surface area contributed by atoms with Crippen LogP contribution in [-0.4, -0.2) is 22.7 Å². The first kappa shape index (κ1) is 20.0. The first-order valence-corrected chi connectivity index (χ1v) is 9.53. The van der Waals surface area contributed by atoms with Crippen LogP contribution in [-0.2, 0) is 4.74 Å². The van der Waals surface area contributed by atoms with E-state index in [0.29, 0.717) is 16.5 Å². The number of hydrogen-bond acceptors (Lipinski definition) is 5. The highest BCUT2D eigenvalue weighted by Gasteiger charge is 2.20. The first-order valence-electron chi connectivity index (χ1n) is 9.15. The van der Waals surface area contributed by atoms with Crippen LogP contribution in [0.25, 0.3) is 10.8 Å². The molecule has 0 aliphatic heterocycles. The summed E-state index contributed by atoms with van der Waals surface area (Å²) < 4.78 is 11.2. The molecular formula is C22H22ClNO4. The predicted octanol–water partition coefficient (Wildman–Crippen LogP) is 5.96. The number of rotatable bonds is 6. The zero-order chi connectivity index (χ0) is 20.3. The minimum atomic E-state index is -0.689. The summed E-state index contributed by atoms with van der Waals surface area (Å²) >= 11 is 6.29. The molecule has 0 amide bonds. The van der Waals surface area contributed by atoms with Crippen LogP contribution in [0.2, 0.25) is 5.15 Å². The zero-order valence-corrected chi connectivity index (χ0v) is 16.8. The van der Waals surface area contributed by atoms with Crippen LogP contribution in [0.1, 0.15) is 41.4 Å². The number of hydrogen-bond donors (Lipinski definition) is 1. The average Bonchev–Trinajstić information content (AvgIpc) is 2.67. The largest absolute Gasteiger partial charge is 0.505 e. The summed E-state index contributed by atoms with van der Waals surface area (Å²) in [5, 5.41) is 11.5. The van der Waals surface area contributed by atoms with Crippen LogP contribution in [0.5, 0.6) is 17.2 Å². The number of nitrogens with zero attached hydrogens (tertiary/aromatic N) is 1. The lowest BCUT2D eigenvalue weighted by molar-refractivity contribution is 0.0489. The number of carbonyl (C=O) groups excluding carboxylic acids is 1. The van der Waals surface area contributed by atoms with Crippen LogP contribution >= 0.6 is 11.6 Å². The molecule has 0 unspecified atom stereocenters. The number of pyridine rings is 1. The van der Waals surface area contributed by atoms with Crippen LogP contribution in [0.15, 0.2) is 36.4 Å². The Morgan fingerprint density at radius 2 is 1.86 bits per heavy atom. The third kappa shape index (κ3) is 4.04. The summed E-state index contributed by atoms with van der Waals surface area (Å²) in [6.45, 7) is 6.21. The molecule has 1 heterocycles.